The van der Waals surface area contributed by atoms with Crippen LogP contribution in [0.2, 0.25) is 0 Å². The molecular formula is C19H21NO5. The molecule has 0 radical (unpaired) electrons. The molecule has 132 valence electrons. The normalized spacial score (nSPS) is 10.0. The molecule has 0 saturated heterocycles. The maximum absolute atomic E-state index is 12.1. The van der Waals surface area contributed by atoms with Gasteiger partial charge in [0.25, 0.3) is 5.91 Å². The van der Waals surface area contributed by atoms with E-state index in [2.05, 4.69) is 5.32 Å². The molecule has 6 heteroatoms. The second-order valence-electron chi connectivity index (χ2n) is 5.26. The SMILES string of the molecule is CCOC(=O)c1ccc(C)c(NC(=O)COc2ccc(OC)cc2)c1. The molecule has 2 aromatic carbocycles. The second-order valence-corrected chi connectivity index (χ2v) is 5.26. The van der Waals surface area contributed by atoms with E-state index in [1.165, 1.54) is 0 Å². The van der Waals surface area contributed by atoms with Crippen LogP contribution in [0.5, 0.6) is 11.5 Å². The van der Waals surface area contributed by atoms with Crippen LogP contribution >= 0.6 is 0 Å². The molecule has 1 amide bonds. The first-order chi connectivity index (χ1) is 12.0. The minimum atomic E-state index is -0.424. The number of aryl methyl sites for hydroxylation is 1. The van der Waals surface area contributed by atoms with E-state index in [1.54, 1.807) is 56.5 Å². The summed E-state index contributed by atoms with van der Waals surface area (Å²) in [4.78, 5) is 23.9. The summed E-state index contributed by atoms with van der Waals surface area (Å²) in [6.45, 7) is 3.74. The Labute approximate surface area is 146 Å². The molecular weight excluding hydrogens is 322 g/mol. The van der Waals surface area contributed by atoms with Crippen LogP contribution < -0.4 is 14.8 Å². The molecule has 0 spiro atoms. The summed E-state index contributed by atoms with van der Waals surface area (Å²) in [5, 5.41) is 2.74. The Hall–Kier alpha value is -3.02. The molecule has 6 nitrogen and oxygen atoms in total. The molecule has 0 unspecified atom stereocenters. The molecule has 0 atom stereocenters. The molecule has 1 N–H and O–H groups in total. The minimum Gasteiger partial charge on any atom is -0.497 e. The summed E-state index contributed by atoms with van der Waals surface area (Å²) in [5.41, 5.74) is 1.78. The third kappa shape index (κ3) is 5.24. The van der Waals surface area contributed by atoms with Crippen molar-refractivity contribution in [2.24, 2.45) is 0 Å². The largest absolute Gasteiger partial charge is 0.497 e. The number of amides is 1. The topological polar surface area (TPSA) is 73.9 Å². The van der Waals surface area contributed by atoms with Gasteiger partial charge in [0.15, 0.2) is 6.61 Å². The summed E-state index contributed by atoms with van der Waals surface area (Å²) in [5.74, 6) is 0.531. The number of ether oxygens (including phenoxy) is 3. The number of hydrogen-bond acceptors (Lipinski definition) is 5. The van der Waals surface area contributed by atoms with E-state index in [9.17, 15) is 9.59 Å². The maximum Gasteiger partial charge on any atom is 0.338 e. The van der Waals surface area contributed by atoms with Gasteiger partial charge in [-0.05, 0) is 55.8 Å². The average molecular weight is 343 g/mol. The van der Waals surface area contributed by atoms with Crippen molar-refractivity contribution in [3.63, 3.8) is 0 Å². The van der Waals surface area contributed by atoms with Gasteiger partial charge in [-0.1, -0.05) is 6.07 Å². The fraction of sp³-hybridized carbons (Fsp3) is 0.263. The zero-order valence-electron chi connectivity index (χ0n) is 14.5. The highest BCUT2D eigenvalue weighted by Gasteiger charge is 2.11. The lowest BCUT2D eigenvalue weighted by molar-refractivity contribution is -0.118. The maximum atomic E-state index is 12.1. The first kappa shape index (κ1) is 18.3. The highest BCUT2D eigenvalue weighted by Crippen LogP contribution is 2.19. The van der Waals surface area contributed by atoms with Gasteiger partial charge >= 0.3 is 5.97 Å². The minimum absolute atomic E-state index is 0.143. The van der Waals surface area contributed by atoms with Crippen molar-refractivity contribution in [1.29, 1.82) is 0 Å². The number of carbonyl (C=O) groups is 2. The van der Waals surface area contributed by atoms with E-state index in [4.69, 9.17) is 14.2 Å². The van der Waals surface area contributed by atoms with Crippen LogP contribution in [0.25, 0.3) is 0 Å². The van der Waals surface area contributed by atoms with Gasteiger partial charge in [-0.2, -0.15) is 0 Å². The number of anilines is 1. The number of benzene rings is 2. The van der Waals surface area contributed by atoms with Crippen LogP contribution in [0, 0.1) is 6.92 Å². The Bertz CT molecular complexity index is 740. The highest BCUT2D eigenvalue weighted by atomic mass is 16.5. The van der Waals surface area contributed by atoms with E-state index >= 15 is 0 Å². The summed E-state index contributed by atoms with van der Waals surface area (Å²) >= 11 is 0. The van der Waals surface area contributed by atoms with Gasteiger partial charge in [-0.15, -0.1) is 0 Å². The van der Waals surface area contributed by atoms with Gasteiger partial charge < -0.3 is 19.5 Å². The molecule has 0 fully saturated rings. The number of hydrogen-bond donors (Lipinski definition) is 1. The molecule has 0 aromatic heterocycles. The van der Waals surface area contributed by atoms with E-state index < -0.39 is 5.97 Å². The molecule has 0 aliphatic heterocycles. The first-order valence-corrected chi connectivity index (χ1v) is 7.88. The van der Waals surface area contributed by atoms with Crippen molar-refractivity contribution in [1.82, 2.24) is 0 Å². The number of rotatable bonds is 7. The van der Waals surface area contributed by atoms with Crippen LogP contribution in [0.3, 0.4) is 0 Å². The summed E-state index contributed by atoms with van der Waals surface area (Å²) in [6.07, 6.45) is 0. The van der Waals surface area contributed by atoms with Gasteiger partial charge in [0.1, 0.15) is 11.5 Å². The summed E-state index contributed by atoms with van der Waals surface area (Å²) < 4.78 is 15.5. The zero-order chi connectivity index (χ0) is 18.2. The lowest BCUT2D eigenvalue weighted by Crippen LogP contribution is -2.21. The lowest BCUT2D eigenvalue weighted by Gasteiger charge is -2.11. The molecule has 0 bridgehead atoms. The lowest BCUT2D eigenvalue weighted by atomic mass is 10.1. The van der Waals surface area contributed by atoms with Gasteiger partial charge in [0.05, 0.1) is 19.3 Å². The predicted molar refractivity (Wildman–Crippen MR) is 94.3 cm³/mol. The van der Waals surface area contributed by atoms with Crippen molar-refractivity contribution in [2.75, 3.05) is 25.6 Å². The van der Waals surface area contributed by atoms with Gasteiger partial charge in [0, 0.05) is 5.69 Å². The Morgan fingerprint density at radius 3 is 2.36 bits per heavy atom. The van der Waals surface area contributed by atoms with Crippen LogP contribution in [0.15, 0.2) is 42.5 Å². The quantitative estimate of drug-likeness (QED) is 0.782. The monoisotopic (exact) mass is 343 g/mol. The summed E-state index contributed by atoms with van der Waals surface area (Å²) in [7, 11) is 1.58. The number of carbonyl (C=O) groups excluding carboxylic acids is 2. The van der Waals surface area contributed by atoms with Gasteiger partial charge in [-0.25, -0.2) is 4.79 Å². The molecule has 0 aliphatic rings. The Morgan fingerprint density at radius 1 is 1.04 bits per heavy atom. The van der Waals surface area contributed by atoms with Gasteiger partial charge in [0.2, 0.25) is 0 Å². The van der Waals surface area contributed by atoms with E-state index in [1.807, 2.05) is 6.92 Å². The molecule has 0 saturated carbocycles. The first-order valence-electron chi connectivity index (χ1n) is 7.88. The van der Waals surface area contributed by atoms with Crippen molar-refractivity contribution >= 4 is 17.6 Å². The third-order valence-electron chi connectivity index (χ3n) is 3.45. The molecule has 25 heavy (non-hydrogen) atoms. The molecule has 0 aliphatic carbocycles. The zero-order valence-corrected chi connectivity index (χ0v) is 14.5. The number of methoxy groups -OCH3 is 1. The highest BCUT2D eigenvalue weighted by molar-refractivity contribution is 5.95. The third-order valence-corrected chi connectivity index (χ3v) is 3.45. The van der Waals surface area contributed by atoms with Crippen LogP contribution in [-0.4, -0.2) is 32.2 Å². The van der Waals surface area contributed by atoms with Crippen molar-refractivity contribution in [2.45, 2.75) is 13.8 Å². The Kier molecular flexibility index (Phi) is 6.39. The smallest absolute Gasteiger partial charge is 0.338 e. The van der Waals surface area contributed by atoms with E-state index in [0.29, 0.717) is 29.4 Å². The second kappa shape index (κ2) is 8.73. The van der Waals surface area contributed by atoms with Crippen LogP contribution in [0.4, 0.5) is 5.69 Å². The predicted octanol–water partition coefficient (Wildman–Crippen LogP) is 3.20. The fourth-order valence-electron chi connectivity index (χ4n) is 2.11. The van der Waals surface area contributed by atoms with Crippen LogP contribution in [0.1, 0.15) is 22.8 Å². The van der Waals surface area contributed by atoms with Crippen molar-refractivity contribution < 1.29 is 23.8 Å². The Balaban J connectivity index is 1.97. The standard InChI is InChI=1S/C19H21NO5/c1-4-24-19(22)14-6-5-13(2)17(11-14)20-18(21)12-25-16-9-7-15(23-3)8-10-16/h5-11H,4,12H2,1-3H3,(H,20,21). The Morgan fingerprint density at radius 2 is 1.72 bits per heavy atom. The van der Waals surface area contributed by atoms with Crippen molar-refractivity contribution in [3.8, 4) is 11.5 Å². The van der Waals surface area contributed by atoms with E-state index in [-0.39, 0.29) is 12.5 Å². The molecule has 2 rings (SSSR count). The molecule has 0 heterocycles. The van der Waals surface area contributed by atoms with Gasteiger partial charge in [-0.3, -0.25) is 4.79 Å². The number of esters is 1. The van der Waals surface area contributed by atoms with Crippen molar-refractivity contribution in [3.05, 3.63) is 53.6 Å². The van der Waals surface area contributed by atoms with Crippen LogP contribution in [-0.2, 0) is 9.53 Å². The van der Waals surface area contributed by atoms with E-state index in [0.717, 1.165) is 5.56 Å². The molecule has 2 aromatic rings. The fourth-order valence-corrected chi connectivity index (χ4v) is 2.11. The average Bonchev–Trinajstić information content (AvgIpc) is 2.62. The summed E-state index contributed by atoms with van der Waals surface area (Å²) in [6, 6.07) is 12.0. The number of nitrogens with one attached hydrogen (secondary N) is 1.